The molecule has 0 aliphatic carbocycles. The predicted molar refractivity (Wildman–Crippen MR) is 59.5 cm³/mol. The smallest absolute Gasteiger partial charge is 0.0932 e. The molecule has 0 radical (unpaired) electrons. The molecule has 0 fully saturated rings. The van der Waals surface area contributed by atoms with Gasteiger partial charge in [-0.05, 0) is 26.4 Å². The Morgan fingerprint density at radius 1 is 1.57 bits per heavy atom. The molecule has 0 bridgehead atoms. The average Bonchev–Trinajstić information content (AvgIpc) is 2.56. The number of hydrogen-bond acceptors (Lipinski definition) is 4. The second-order valence-corrected chi connectivity index (χ2v) is 5.03. The van der Waals surface area contributed by atoms with E-state index in [9.17, 15) is 0 Å². The highest BCUT2D eigenvalue weighted by atomic mass is 32.1. The average molecular weight is 211 g/mol. The van der Waals surface area contributed by atoms with E-state index in [-0.39, 0.29) is 0 Å². The van der Waals surface area contributed by atoms with Gasteiger partial charge in [0.25, 0.3) is 0 Å². The summed E-state index contributed by atoms with van der Waals surface area (Å²) in [5.74, 6) is 0. The Balaban J connectivity index is 2.07. The van der Waals surface area contributed by atoms with Gasteiger partial charge < -0.3 is 10.6 Å². The van der Waals surface area contributed by atoms with Crippen LogP contribution in [-0.2, 0) is 19.4 Å². The Morgan fingerprint density at radius 3 is 3.21 bits per heavy atom. The number of hydrogen-bond donors (Lipinski definition) is 1. The van der Waals surface area contributed by atoms with Gasteiger partial charge in [0.15, 0.2) is 0 Å². The van der Waals surface area contributed by atoms with Crippen molar-refractivity contribution < 1.29 is 0 Å². The van der Waals surface area contributed by atoms with E-state index < -0.39 is 0 Å². The summed E-state index contributed by atoms with van der Waals surface area (Å²) >= 11 is 1.88. The Hall–Kier alpha value is -0.450. The molecule has 0 saturated carbocycles. The van der Waals surface area contributed by atoms with Gasteiger partial charge in [-0.15, -0.1) is 11.3 Å². The quantitative estimate of drug-likeness (QED) is 0.812. The maximum Gasteiger partial charge on any atom is 0.0932 e. The predicted octanol–water partition coefficient (Wildman–Crippen LogP) is 1.02. The zero-order valence-corrected chi connectivity index (χ0v) is 9.44. The first-order valence-corrected chi connectivity index (χ1v) is 5.97. The Kier molecular flexibility index (Phi) is 3.15. The van der Waals surface area contributed by atoms with Crippen molar-refractivity contribution >= 4 is 11.3 Å². The number of thiazole rings is 1. The van der Waals surface area contributed by atoms with Crippen molar-refractivity contribution in [2.24, 2.45) is 5.73 Å². The lowest BCUT2D eigenvalue weighted by molar-refractivity contribution is 0.310. The van der Waals surface area contributed by atoms with Crippen LogP contribution >= 0.6 is 11.3 Å². The normalized spacial score (nSPS) is 17.0. The fourth-order valence-corrected chi connectivity index (χ4v) is 2.85. The maximum absolute atomic E-state index is 5.49. The van der Waals surface area contributed by atoms with Gasteiger partial charge in [0, 0.05) is 24.4 Å². The van der Waals surface area contributed by atoms with E-state index >= 15 is 0 Å². The molecule has 0 amide bonds. The molecular weight excluding hydrogens is 194 g/mol. The van der Waals surface area contributed by atoms with Gasteiger partial charge in [-0.1, -0.05) is 0 Å². The molecule has 0 atom stereocenters. The number of aryl methyl sites for hydroxylation is 1. The van der Waals surface area contributed by atoms with Crippen molar-refractivity contribution in [2.75, 3.05) is 20.1 Å². The topological polar surface area (TPSA) is 42.1 Å². The number of likely N-dealkylation sites (N-methyl/N-ethyl adjacent to an activating group) is 1. The second kappa shape index (κ2) is 4.38. The van der Waals surface area contributed by atoms with Crippen molar-refractivity contribution in [1.29, 1.82) is 0 Å². The van der Waals surface area contributed by atoms with E-state index in [0.29, 0.717) is 0 Å². The lowest BCUT2D eigenvalue weighted by Gasteiger charge is -2.20. The van der Waals surface area contributed by atoms with Crippen molar-refractivity contribution in [1.82, 2.24) is 9.88 Å². The lowest BCUT2D eigenvalue weighted by Crippen LogP contribution is -2.25. The zero-order chi connectivity index (χ0) is 9.97. The molecule has 14 heavy (non-hydrogen) atoms. The van der Waals surface area contributed by atoms with Gasteiger partial charge in [-0.3, -0.25) is 0 Å². The molecule has 0 unspecified atom stereocenters. The first-order valence-electron chi connectivity index (χ1n) is 5.15. The van der Waals surface area contributed by atoms with Crippen LogP contribution in [0.15, 0.2) is 0 Å². The van der Waals surface area contributed by atoms with Crippen molar-refractivity contribution in [3.05, 3.63) is 15.6 Å². The first kappa shape index (κ1) is 10.1. The summed E-state index contributed by atoms with van der Waals surface area (Å²) in [5, 5.41) is 1.27. The summed E-state index contributed by atoms with van der Waals surface area (Å²) in [4.78, 5) is 8.48. The number of nitrogens with zero attached hydrogens (tertiary/aromatic N) is 2. The van der Waals surface area contributed by atoms with Crippen molar-refractivity contribution in [2.45, 2.75) is 25.8 Å². The van der Waals surface area contributed by atoms with Gasteiger partial charge >= 0.3 is 0 Å². The molecular formula is C10H17N3S. The van der Waals surface area contributed by atoms with Crippen LogP contribution < -0.4 is 5.73 Å². The first-order chi connectivity index (χ1) is 6.79. The number of rotatable bonds is 3. The van der Waals surface area contributed by atoms with Gasteiger partial charge in [0.2, 0.25) is 0 Å². The fraction of sp³-hybridized carbons (Fsp3) is 0.700. The number of nitrogens with two attached hydrogens (primary N) is 1. The van der Waals surface area contributed by atoms with E-state index in [1.807, 2.05) is 11.3 Å². The van der Waals surface area contributed by atoms with Crippen LogP contribution in [0.25, 0.3) is 0 Å². The van der Waals surface area contributed by atoms with Crippen LogP contribution in [-0.4, -0.2) is 30.0 Å². The zero-order valence-electron chi connectivity index (χ0n) is 8.62. The van der Waals surface area contributed by atoms with Crippen LogP contribution in [0.3, 0.4) is 0 Å². The number of aromatic nitrogens is 1. The Morgan fingerprint density at radius 2 is 2.43 bits per heavy atom. The summed E-state index contributed by atoms with van der Waals surface area (Å²) in [6.45, 7) is 2.96. The minimum absolute atomic E-state index is 0.768. The molecule has 78 valence electrons. The third-order valence-corrected chi connectivity index (χ3v) is 3.77. The molecule has 0 saturated heterocycles. The third-order valence-electron chi connectivity index (χ3n) is 2.56. The Bertz CT molecular complexity index is 308. The van der Waals surface area contributed by atoms with Gasteiger partial charge in [-0.25, -0.2) is 4.98 Å². The summed E-state index contributed by atoms with van der Waals surface area (Å²) in [7, 11) is 2.15. The molecule has 1 aliphatic heterocycles. The molecule has 1 aromatic heterocycles. The highest BCUT2D eigenvalue weighted by Gasteiger charge is 2.17. The van der Waals surface area contributed by atoms with Crippen LogP contribution in [0.5, 0.6) is 0 Å². The van der Waals surface area contributed by atoms with Gasteiger partial charge in [0.1, 0.15) is 0 Å². The third kappa shape index (κ3) is 2.13. The van der Waals surface area contributed by atoms with Gasteiger partial charge in [-0.2, -0.15) is 0 Å². The Labute approximate surface area is 88.9 Å². The van der Waals surface area contributed by atoms with Crippen LogP contribution in [0.2, 0.25) is 0 Å². The highest BCUT2D eigenvalue weighted by molar-refractivity contribution is 7.11. The summed E-state index contributed by atoms with van der Waals surface area (Å²) < 4.78 is 0. The minimum atomic E-state index is 0.768. The summed E-state index contributed by atoms with van der Waals surface area (Å²) in [6.07, 6.45) is 3.28. The highest BCUT2D eigenvalue weighted by Crippen LogP contribution is 2.24. The molecule has 0 aromatic carbocycles. The van der Waals surface area contributed by atoms with E-state index in [4.69, 9.17) is 5.73 Å². The standard InChI is InChI=1S/C10H17N3S/c1-13-6-4-9-8(7-13)12-10(14-9)3-2-5-11/h2-7,11H2,1H3. The van der Waals surface area contributed by atoms with E-state index in [2.05, 4.69) is 16.9 Å². The fourth-order valence-electron chi connectivity index (χ4n) is 1.74. The monoisotopic (exact) mass is 211 g/mol. The molecule has 2 heterocycles. The molecule has 3 nitrogen and oxygen atoms in total. The van der Waals surface area contributed by atoms with E-state index in [1.165, 1.54) is 28.5 Å². The van der Waals surface area contributed by atoms with Crippen LogP contribution in [0.1, 0.15) is 22.0 Å². The van der Waals surface area contributed by atoms with Crippen molar-refractivity contribution in [3.63, 3.8) is 0 Å². The van der Waals surface area contributed by atoms with E-state index in [1.54, 1.807) is 0 Å². The molecule has 2 rings (SSSR count). The molecule has 1 aliphatic rings. The largest absolute Gasteiger partial charge is 0.330 e. The summed E-state index contributed by atoms with van der Waals surface area (Å²) in [5.41, 5.74) is 6.79. The molecule has 0 spiro atoms. The van der Waals surface area contributed by atoms with Crippen molar-refractivity contribution in [3.8, 4) is 0 Å². The van der Waals surface area contributed by atoms with Gasteiger partial charge in [0.05, 0.1) is 10.7 Å². The lowest BCUT2D eigenvalue weighted by atomic mass is 10.2. The maximum atomic E-state index is 5.49. The molecule has 4 heteroatoms. The SMILES string of the molecule is CN1CCc2sc(CCCN)nc2C1. The molecule has 1 aromatic rings. The van der Waals surface area contributed by atoms with Crippen LogP contribution in [0, 0.1) is 0 Å². The second-order valence-electron chi connectivity index (χ2n) is 3.86. The van der Waals surface area contributed by atoms with Crippen LogP contribution in [0.4, 0.5) is 0 Å². The number of fused-ring (bicyclic) bond motifs is 1. The summed E-state index contributed by atoms with van der Waals surface area (Å²) in [6, 6.07) is 0. The molecule has 2 N–H and O–H groups in total. The van der Waals surface area contributed by atoms with E-state index in [0.717, 1.165) is 25.9 Å². The minimum Gasteiger partial charge on any atom is -0.330 e.